The lowest BCUT2D eigenvalue weighted by atomic mass is 10.4. The smallest absolute Gasteiger partial charge is 0.331 e. The summed E-state index contributed by atoms with van der Waals surface area (Å²) in [4.78, 5) is 11.4. The van der Waals surface area contributed by atoms with Crippen LogP contribution in [0.15, 0.2) is 43.0 Å². The van der Waals surface area contributed by atoms with Crippen LogP contribution < -0.4 is 5.30 Å². The molecule has 0 saturated heterocycles. The Hall–Kier alpha value is -0.470. The minimum atomic E-state index is -3.24. The molecule has 0 heterocycles. The number of ether oxygens (including phenoxy) is 1. The molecule has 0 aliphatic carbocycles. The Morgan fingerprint density at radius 1 is 1.40 bits per heavy atom. The third-order valence-electron chi connectivity index (χ3n) is 2.72. The van der Waals surface area contributed by atoms with E-state index in [0.29, 0.717) is 5.30 Å². The van der Waals surface area contributed by atoms with Gasteiger partial charge >= 0.3 is 5.97 Å². The fourth-order valence-electron chi connectivity index (χ4n) is 1.71. The van der Waals surface area contributed by atoms with E-state index in [2.05, 4.69) is 6.58 Å². The van der Waals surface area contributed by atoms with E-state index >= 15 is 0 Å². The molecule has 0 saturated carbocycles. The van der Waals surface area contributed by atoms with Gasteiger partial charge in [0.1, 0.15) is 0 Å². The molecule has 0 spiro atoms. The van der Waals surface area contributed by atoms with Crippen molar-refractivity contribution in [2.24, 2.45) is 0 Å². The molecule has 1 aromatic rings. The molecule has 1 aromatic carbocycles. The topological polar surface area (TPSA) is 43.4 Å². The Bertz CT molecular complexity index is 525. The molecule has 0 aliphatic heterocycles. The van der Waals surface area contributed by atoms with Crippen LogP contribution in [-0.4, -0.2) is 21.8 Å². The molecule has 1 rings (SSSR count). The summed E-state index contributed by atoms with van der Waals surface area (Å²) in [6.07, 6.45) is 1.13. The number of alkyl halides is 3. The van der Waals surface area contributed by atoms with Crippen molar-refractivity contribution in [3.8, 4) is 0 Å². The molecule has 0 fully saturated rings. The van der Waals surface area contributed by atoms with Crippen LogP contribution >= 0.6 is 41.9 Å². The average molecular weight is 356 g/mol. The van der Waals surface area contributed by atoms with E-state index in [1.807, 2.05) is 0 Å². The summed E-state index contributed by atoms with van der Waals surface area (Å²) in [5, 5.41) is 0.496. The summed E-state index contributed by atoms with van der Waals surface area (Å²) < 4.78 is 16.3. The molecule has 2 unspecified atom stereocenters. The molecule has 7 heteroatoms. The van der Waals surface area contributed by atoms with Crippen molar-refractivity contribution in [1.29, 1.82) is 0 Å². The van der Waals surface area contributed by atoms with Gasteiger partial charge in [-0.3, -0.25) is 0 Å². The highest BCUT2D eigenvalue weighted by Crippen LogP contribution is 2.57. The third-order valence-corrected chi connectivity index (χ3v) is 7.13. The van der Waals surface area contributed by atoms with Gasteiger partial charge in [-0.1, -0.05) is 78.6 Å². The van der Waals surface area contributed by atoms with Crippen LogP contribution in [0, 0.1) is 0 Å². The largest absolute Gasteiger partial charge is 0.446 e. The Kier molecular flexibility index (Phi) is 6.15. The van der Waals surface area contributed by atoms with Gasteiger partial charge in [0.25, 0.3) is 0 Å². The maximum Gasteiger partial charge on any atom is 0.331 e. The van der Waals surface area contributed by atoms with Crippen molar-refractivity contribution in [2.75, 3.05) is 6.16 Å². The van der Waals surface area contributed by atoms with Crippen LogP contribution in [-0.2, 0) is 14.1 Å². The molecule has 0 aliphatic rings. The normalized spacial score (nSPS) is 16.0. The summed E-state index contributed by atoms with van der Waals surface area (Å²) in [5.74, 6) is -2.15. The molecule has 0 radical (unpaired) electrons. The lowest BCUT2D eigenvalue weighted by Crippen LogP contribution is -2.35. The van der Waals surface area contributed by atoms with Gasteiger partial charge in [0.15, 0.2) is 7.14 Å². The van der Waals surface area contributed by atoms with Gasteiger partial charge in [0, 0.05) is 17.5 Å². The van der Waals surface area contributed by atoms with Gasteiger partial charge in [-0.15, -0.1) is 0 Å². The van der Waals surface area contributed by atoms with Crippen LogP contribution in [0.4, 0.5) is 0 Å². The Morgan fingerprint density at radius 3 is 2.35 bits per heavy atom. The summed E-state index contributed by atoms with van der Waals surface area (Å²) in [5.41, 5.74) is 0. The first-order chi connectivity index (χ1) is 9.25. The quantitative estimate of drug-likeness (QED) is 0.345. The first kappa shape index (κ1) is 17.6. The highest BCUT2D eigenvalue weighted by molar-refractivity contribution is 7.72. The molecule has 0 bridgehead atoms. The van der Waals surface area contributed by atoms with Crippen molar-refractivity contribution in [2.45, 2.75) is 16.6 Å². The lowest BCUT2D eigenvalue weighted by Gasteiger charge is -2.31. The molecule has 0 amide bonds. The van der Waals surface area contributed by atoms with Gasteiger partial charge in [-0.2, -0.15) is 0 Å². The van der Waals surface area contributed by atoms with Crippen molar-refractivity contribution in [3.63, 3.8) is 0 Å². The molecule has 0 N–H and O–H groups in total. The fraction of sp³-hybridized carbons (Fsp3) is 0.308. The summed E-state index contributed by atoms with van der Waals surface area (Å²) in [7, 11) is -3.24. The zero-order chi connectivity index (χ0) is 15.4. The second kappa shape index (κ2) is 7.00. The van der Waals surface area contributed by atoms with Gasteiger partial charge in [0.05, 0.1) is 0 Å². The molecule has 2 atom stereocenters. The number of halogens is 3. The summed E-state index contributed by atoms with van der Waals surface area (Å²) >= 11 is 17.6. The minimum absolute atomic E-state index is 0.194. The average Bonchev–Trinajstić information content (AvgIpc) is 2.43. The van der Waals surface area contributed by atoms with Gasteiger partial charge in [-0.05, 0) is 0 Å². The fourth-order valence-corrected chi connectivity index (χ4v) is 5.65. The van der Waals surface area contributed by atoms with E-state index < -0.39 is 22.7 Å². The lowest BCUT2D eigenvalue weighted by molar-refractivity contribution is -0.139. The van der Waals surface area contributed by atoms with Crippen LogP contribution in [0.5, 0.6) is 0 Å². The van der Waals surface area contributed by atoms with E-state index in [1.54, 1.807) is 37.3 Å². The first-order valence-electron chi connectivity index (χ1n) is 5.79. The van der Waals surface area contributed by atoms with E-state index in [1.165, 1.54) is 0 Å². The Labute approximate surface area is 133 Å². The number of esters is 1. The van der Waals surface area contributed by atoms with Crippen LogP contribution in [0.1, 0.15) is 6.92 Å². The number of carbonyl (C=O) groups is 1. The molecule has 3 nitrogen and oxygen atoms in total. The zero-order valence-corrected chi connectivity index (χ0v) is 13.9. The van der Waals surface area contributed by atoms with E-state index in [0.717, 1.165) is 6.08 Å². The molecule has 0 aromatic heterocycles. The number of hydrogen-bond acceptors (Lipinski definition) is 3. The van der Waals surface area contributed by atoms with Gasteiger partial charge in [-0.25, -0.2) is 4.79 Å². The van der Waals surface area contributed by atoms with E-state index in [4.69, 9.17) is 39.5 Å². The van der Waals surface area contributed by atoms with Crippen molar-refractivity contribution >= 4 is 53.2 Å². The number of rotatable bonds is 5. The maximum absolute atomic E-state index is 13.2. The van der Waals surface area contributed by atoms with Crippen molar-refractivity contribution in [3.05, 3.63) is 43.0 Å². The second-order valence-electron chi connectivity index (χ2n) is 3.98. The highest BCUT2D eigenvalue weighted by Gasteiger charge is 2.48. The molecular formula is C13H14Cl3O3P. The standard InChI is InChI=1S/C13H14Cl3O3P/c1-3-11(17)19-12(13(14,15)16)20(18,4-2)10-8-6-5-7-9-10/h3,5-9,12H,1,4H2,2H3. The zero-order valence-electron chi connectivity index (χ0n) is 10.8. The molecular weight excluding hydrogens is 341 g/mol. The van der Waals surface area contributed by atoms with Crippen LogP contribution in [0.2, 0.25) is 0 Å². The highest BCUT2D eigenvalue weighted by atomic mass is 35.6. The number of hydrogen-bond donors (Lipinski definition) is 0. The maximum atomic E-state index is 13.2. The Morgan fingerprint density at radius 2 is 1.95 bits per heavy atom. The van der Waals surface area contributed by atoms with Crippen molar-refractivity contribution in [1.82, 2.24) is 0 Å². The monoisotopic (exact) mass is 354 g/mol. The minimum Gasteiger partial charge on any atom is -0.446 e. The van der Waals surface area contributed by atoms with Crippen LogP contribution in [0.3, 0.4) is 0 Å². The van der Waals surface area contributed by atoms with Crippen LogP contribution in [0.25, 0.3) is 0 Å². The first-order valence-corrected chi connectivity index (χ1v) is 8.89. The van der Waals surface area contributed by atoms with Gasteiger partial charge in [0.2, 0.25) is 9.64 Å². The number of benzene rings is 1. The summed E-state index contributed by atoms with van der Waals surface area (Å²) in [6, 6.07) is 8.55. The number of carbonyl (C=O) groups excluding carboxylic acids is 1. The van der Waals surface area contributed by atoms with E-state index in [-0.39, 0.29) is 6.16 Å². The van der Waals surface area contributed by atoms with Crippen molar-refractivity contribution < 1.29 is 14.1 Å². The third kappa shape index (κ3) is 4.02. The molecule has 20 heavy (non-hydrogen) atoms. The predicted octanol–water partition coefficient (Wildman–Crippen LogP) is 4.12. The van der Waals surface area contributed by atoms with E-state index in [9.17, 15) is 9.36 Å². The SMILES string of the molecule is C=CC(=O)OC(C(Cl)(Cl)Cl)P(=O)(CC)c1ccccc1. The predicted molar refractivity (Wildman–Crippen MR) is 84.6 cm³/mol. The second-order valence-corrected chi connectivity index (χ2v) is 9.56. The van der Waals surface area contributed by atoms with Gasteiger partial charge < -0.3 is 9.30 Å². The molecule has 110 valence electrons. The Balaban J connectivity index is 3.31. The summed E-state index contributed by atoms with van der Waals surface area (Å²) in [6.45, 7) is 4.98.